The average Bonchev–Trinajstić information content (AvgIpc) is 3.20. The van der Waals surface area contributed by atoms with Crippen molar-refractivity contribution < 1.29 is 33.2 Å². The van der Waals surface area contributed by atoms with Gasteiger partial charge >= 0.3 is 6.03 Å². The van der Waals surface area contributed by atoms with Gasteiger partial charge in [0.15, 0.2) is 34.5 Å². The van der Waals surface area contributed by atoms with E-state index in [-0.39, 0.29) is 18.1 Å². The summed E-state index contributed by atoms with van der Waals surface area (Å²) >= 11 is 0. The Bertz CT molecular complexity index is 2310. The lowest BCUT2D eigenvalue weighted by Crippen LogP contribution is -2.34. The molecule has 11 nitrogen and oxygen atoms in total. The van der Waals surface area contributed by atoms with Gasteiger partial charge in [0.2, 0.25) is 5.75 Å². The van der Waals surface area contributed by atoms with Gasteiger partial charge in [0.25, 0.3) is 0 Å². The number of aryl methyl sites for hydroxylation is 1. The molecule has 4 aliphatic rings. The Morgan fingerprint density at radius 3 is 2.09 bits per heavy atom. The smallest absolute Gasteiger partial charge is 0.323 e. The van der Waals surface area contributed by atoms with Crippen molar-refractivity contribution >= 4 is 17.4 Å². The maximum absolute atomic E-state index is 13.6. The van der Waals surface area contributed by atoms with Crippen molar-refractivity contribution in [2.45, 2.75) is 44.7 Å². The number of carbonyl (C=O) groups is 1. The number of hydrogen-bond donors (Lipinski definition) is 2. The molecular weight excluding hydrogens is 721 g/mol. The largest absolute Gasteiger partial charge is 0.493 e. The van der Waals surface area contributed by atoms with Gasteiger partial charge in [-0.25, -0.2) is 4.79 Å². The van der Waals surface area contributed by atoms with E-state index in [0.29, 0.717) is 63.8 Å². The van der Waals surface area contributed by atoms with Crippen molar-refractivity contribution in [2.24, 2.45) is 0 Å². The van der Waals surface area contributed by atoms with Crippen LogP contribution in [-0.4, -0.2) is 71.5 Å². The Hall–Kier alpha value is -5.91. The van der Waals surface area contributed by atoms with Crippen molar-refractivity contribution in [3.8, 4) is 46.0 Å². The fourth-order valence-corrected chi connectivity index (χ4v) is 8.47. The molecule has 4 heterocycles. The molecule has 2 N–H and O–H groups in total. The van der Waals surface area contributed by atoms with Crippen LogP contribution >= 0.6 is 0 Å². The minimum Gasteiger partial charge on any atom is -0.493 e. The van der Waals surface area contributed by atoms with Gasteiger partial charge in [0.1, 0.15) is 5.75 Å². The van der Waals surface area contributed by atoms with E-state index in [0.717, 1.165) is 54.6 Å². The lowest BCUT2D eigenvalue weighted by Gasteiger charge is -2.37. The third-order valence-electron chi connectivity index (χ3n) is 11.5. The quantitative estimate of drug-likeness (QED) is 0.175. The summed E-state index contributed by atoms with van der Waals surface area (Å²) in [7, 11) is 10.9. The molecule has 0 aliphatic carbocycles. The van der Waals surface area contributed by atoms with Crippen LogP contribution in [0.15, 0.2) is 78.9 Å². The van der Waals surface area contributed by atoms with Crippen LogP contribution in [0.3, 0.4) is 0 Å². The summed E-state index contributed by atoms with van der Waals surface area (Å²) in [6, 6.07) is 25.6. The number of amides is 2. The first kappa shape index (κ1) is 38.0. The van der Waals surface area contributed by atoms with E-state index in [1.165, 1.54) is 16.7 Å². The minimum absolute atomic E-state index is 0.110. The highest BCUT2D eigenvalue weighted by Gasteiger charge is 2.35. The van der Waals surface area contributed by atoms with Gasteiger partial charge in [-0.2, -0.15) is 0 Å². The number of nitrogens with zero attached hydrogens (tertiary/aromatic N) is 2. The third kappa shape index (κ3) is 7.52. The molecule has 296 valence electrons. The molecule has 5 aromatic rings. The number of benzene rings is 5. The Morgan fingerprint density at radius 2 is 1.37 bits per heavy atom. The highest BCUT2D eigenvalue weighted by molar-refractivity contribution is 6.00. The molecule has 57 heavy (non-hydrogen) atoms. The molecule has 0 saturated heterocycles. The second-order valence-electron chi connectivity index (χ2n) is 15.1. The van der Waals surface area contributed by atoms with Crippen LogP contribution < -0.4 is 39.1 Å². The topological polar surface area (TPSA) is 103 Å². The number of urea groups is 1. The summed E-state index contributed by atoms with van der Waals surface area (Å²) in [6.45, 7) is 3.70. The van der Waals surface area contributed by atoms with E-state index in [1.807, 2.05) is 55.5 Å². The zero-order valence-electron chi connectivity index (χ0n) is 33.7. The van der Waals surface area contributed by atoms with Gasteiger partial charge in [-0.15, -0.1) is 0 Å². The van der Waals surface area contributed by atoms with Crippen LogP contribution in [0.4, 0.5) is 16.2 Å². The molecule has 0 radical (unpaired) electrons. The lowest BCUT2D eigenvalue weighted by atomic mass is 9.86. The van der Waals surface area contributed by atoms with Crippen LogP contribution in [0, 0.1) is 6.92 Å². The predicted octanol–water partition coefficient (Wildman–Crippen LogP) is 9.11. The van der Waals surface area contributed by atoms with Gasteiger partial charge in [0.05, 0.1) is 28.4 Å². The summed E-state index contributed by atoms with van der Waals surface area (Å²) in [5.41, 5.74) is 8.83. The molecule has 0 aromatic heterocycles. The zero-order chi connectivity index (χ0) is 39.8. The number of ether oxygens (including phenoxy) is 6. The SMILES string of the molecule is COc1cc(NC(=O)Nc2cccc(C)c2)c2cc1Oc1ccc(cc1)C[C@H]1c3cc(c(OC)cc3CCN1C)Oc1c(OC)c(OC)cc3c1[C@H](C2)N(C)CC3. The van der Waals surface area contributed by atoms with Crippen LogP contribution in [0.5, 0.6) is 46.0 Å². The zero-order valence-corrected chi connectivity index (χ0v) is 33.7. The number of anilines is 2. The molecular formula is C46H50N4O7. The van der Waals surface area contributed by atoms with Gasteiger partial charge < -0.3 is 39.1 Å². The van der Waals surface area contributed by atoms with Crippen molar-refractivity contribution in [1.82, 2.24) is 9.80 Å². The second-order valence-corrected chi connectivity index (χ2v) is 15.1. The first-order valence-corrected chi connectivity index (χ1v) is 19.4. The number of fused-ring (bicyclic) bond motifs is 2. The molecule has 5 aromatic carbocycles. The average molecular weight is 771 g/mol. The highest BCUT2D eigenvalue weighted by atomic mass is 16.5. The first-order valence-electron chi connectivity index (χ1n) is 19.4. The number of likely N-dealkylation sites (N-methyl/N-ethyl adjacent to an activating group) is 2. The van der Waals surface area contributed by atoms with Crippen molar-refractivity contribution in [2.75, 3.05) is 66.3 Å². The summed E-state index contributed by atoms with van der Waals surface area (Å²) in [5, 5.41) is 6.12. The maximum atomic E-state index is 13.6. The fraction of sp³-hybridized carbons (Fsp3) is 0.326. The molecule has 2 amide bonds. The molecule has 0 unspecified atom stereocenters. The number of carbonyl (C=O) groups excluding carboxylic acids is 1. The van der Waals surface area contributed by atoms with Crippen molar-refractivity contribution in [3.05, 3.63) is 118 Å². The standard InChI is InChI=1S/C46H50N4O7/c1-27-9-8-10-32(19-27)47-46(51)48-35-26-39(53-5)40-24-31(35)21-37-43-30(16-18-50(37)3)23-42(54-6)44(55-7)45(43)57-41-25-34-29(22-38(41)52-4)15-17-49(2)36(34)20-28-11-13-33(56-40)14-12-28/h8-14,19,22-26,36-37H,15-18,20-21H2,1-7H3,(H2,47,48,51)/t36-,37-/m0/s1. The predicted molar refractivity (Wildman–Crippen MR) is 222 cm³/mol. The molecule has 11 heteroatoms. The molecule has 4 aliphatic heterocycles. The van der Waals surface area contributed by atoms with Gasteiger partial charge in [-0.1, -0.05) is 24.3 Å². The number of hydrogen-bond acceptors (Lipinski definition) is 9. The molecule has 2 atom stereocenters. The normalized spacial score (nSPS) is 17.5. The Morgan fingerprint density at radius 1 is 0.684 bits per heavy atom. The third-order valence-corrected chi connectivity index (χ3v) is 11.5. The lowest BCUT2D eigenvalue weighted by molar-refractivity contribution is 0.220. The Kier molecular flexibility index (Phi) is 10.6. The molecule has 0 spiro atoms. The summed E-state index contributed by atoms with van der Waals surface area (Å²) in [5.74, 6) is 4.59. The van der Waals surface area contributed by atoms with E-state index in [2.05, 4.69) is 64.9 Å². The number of rotatable bonds is 6. The fourth-order valence-electron chi connectivity index (χ4n) is 8.47. The van der Waals surface area contributed by atoms with Crippen LogP contribution in [0.2, 0.25) is 0 Å². The monoisotopic (exact) mass is 770 g/mol. The van der Waals surface area contributed by atoms with Crippen LogP contribution in [-0.2, 0) is 25.7 Å². The summed E-state index contributed by atoms with van der Waals surface area (Å²) in [6.07, 6.45) is 2.93. The maximum Gasteiger partial charge on any atom is 0.323 e. The molecule has 6 bridgehead atoms. The number of nitrogens with one attached hydrogen (secondary N) is 2. The van der Waals surface area contributed by atoms with Crippen molar-refractivity contribution in [1.29, 1.82) is 0 Å². The second kappa shape index (κ2) is 15.9. The minimum atomic E-state index is -0.376. The molecule has 0 fully saturated rings. The molecule has 0 saturated carbocycles. The van der Waals surface area contributed by atoms with E-state index in [1.54, 1.807) is 28.4 Å². The van der Waals surface area contributed by atoms with E-state index >= 15 is 0 Å². The number of methoxy groups -OCH3 is 4. The van der Waals surface area contributed by atoms with Crippen LogP contribution in [0.1, 0.15) is 51.0 Å². The van der Waals surface area contributed by atoms with Gasteiger partial charge in [-0.3, -0.25) is 9.80 Å². The Labute approximate surface area is 334 Å². The van der Waals surface area contributed by atoms with E-state index < -0.39 is 0 Å². The summed E-state index contributed by atoms with van der Waals surface area (Å²) in [4.78, 5) is 18.4. The van der Waals surface area contributed by atoms with E-state index in [9.17, 15) is 4.79 Å². The van der Waals surface area contributed by atoms with Gasteiger partial charge in [-0.05, 0) is 129 Å². The first-order chi connectivity index (χ1) is 27.7. The van der Waals surface area contributed by atoms with E-state index in [4.69, 9.17) is 28.4 Å². The van der Waals surface area contributed by atoms with Crippen molar-refractivity contribution in [3.63, 3.8) is 0 Å². The van der Waals surface area contributed by atoms with Crippen LogP contribution in [0.25, 0.3) is 0 Å². The van der Waals surface area contributed by atoms with Gasteiger partial charge in [0, 0.05) is 48.2 Å². The highest BCUT2D eigenvalue weighted by Crippen LogP contribution is 2.52. The summed E-state index contributed by atoms with van der Waals surface area (Å²) < 4.78 is 37.7. The Balaban J connectivity index is 1.32. The molecule has 9 rings (SSSR count).